The highest BCUT2D eigenvalue weighted by Crippen LogP contribution is 2.26. The number of esters is 1. The van der Waals surface area contributed by atoms with Crippen LogP contribution in [0.2, 0.25) is 0 Å². The van der Waals surface area contributed by atoms with Crippen LogP contribution in [0, 0.1) is 0 Å². The molecule has 3 nitrogen and oxygen atoms in total. The van der Waals surface area contributed by atoms with Gasteiger partial charge in [-0.1, -0.05) is 31.2 Å². The number of aromatic nitrogens is 1. The average molecular weight is 275 g/mol. The Morgan fingerprint density at radius 2 is 2.05 bits per heavy atom. The van der Waals surface area contributed by atoms with Crippen LogP contribution >= 0.6 is 11.3 Å². The molecule has 1 aromatic heterocycles. The highest BCUT2D eigenvalue weighted by molar-refractivity contribution is 7.13. The van der Waals surface area contributed by atoms with Crippen LogP contribution < -0.4 is 0 Å². The molecule has 0 aliphatic heterocycles. The number of carbonyl (C=O) groups is 1. The lowest BCUT2D eigenvalue weighted by Crippen LogP contribution is -2.15. The standard InChI is InChI=1S/C15H17NO2S/c1-3-13(15(17)18-4-2)11-5-7-12(8-6-11)14-16-9-10-19-14/h5-10,13H,3-4H2,1-2H3. The molecule has 0 N–H and O–H groups in total. The van der Waals surface area contributed by atoms with Crippen LogP contribution in [0.1, 0.15) is 31.7 Å². The zero-order valence-corrected chi connectivity index (χ0v) is 11.9. The SMILES string of the molecule is CCOC(=O)C(CC)c1ccc(-c2nccs2)cc1. The van der Waals surface area contributed by atoms with Gasteiger partial charge in [0.2, 0.25) is 0 Å². The lowest BCUT2D eigenvalue weighted by molar-refractivity contribution is -0.145. The quantitative estimate of drug-likeness (QED) is 0.778. The van der Waals surface area contributed by atoms with E-state index in [2.05, 4.69) is 4.98 Å². The fourth-order valence-electron chi connectivity index (χ4n) is 2.01. The molecule has 0 bridgehead atoms. The minimum atomic E-state index is -0.176. The predicted octanol–water partition coefficient (Wildman–Crippen LogP) is 3.87. The summed E-state index contributed by atoms with van der Waals surface area (Å²) in [6, 6.07) is 8.00. The van der Waals surface area contributed by atoms with Crippen molar-refractivity contribution in [3.63, 3.8) is 0 Å². The van der Waals surface area contributed by atoms with Gasteiger partial charge >= 0.3 is 5.97 Å². The van der Waals surface area contributed by atoms with E-state index in [1.165, 1.54) is 0 Å². The molecule has 0 aliphatic carbocycles. The van der Waals surface area contributed by atoms with Crippen molar-refractivity contribution in [3.8, 4) is 10.6 Å². The predicted molar refractivity (Wildman–Crippen MR) is 77.2 cm³/mol. The molecule has 0 aliphatic rings. The Morgan fingerprint density at radius 1 is 1.32 bits per heavy atom. The molecule has 1 heterocycles. The zero-order chi connectivity index (χ0) is 13.7. The average Bonchev–Trinajstić information content (AvgIpc) is 2.95. The van der Waals surface area contributed by atoms with Gasteiger partial charge in [-0.25, -0.2) is 4.98 Å². The van der Waals surface area contributed by atoms with Crippen LogP contribution in [0.3, 0.4) is 0 Å². The third-order valence-electron chi connectivity index (χ3n) is 2.97. The topological polar surface area (TPSA) is 39.2 Å². The largest absolute Gasteiger partial charge is 0.466 e. The molecular weight excluding hydrogens is 258 g/mol. The smallest absolute Gasteiger partial charge is 0.313 e. The third-order valence-corrected chi connectivity index (χ3v) is 3.79. The first kappa shape index (κ1) is 13.7. The van der Waals surface area contributed by atoms with E-state index in [1.54, 1.807) is 17.5 Å². The van der Waals surface area contributed by atoms with E-state index < -0.39 is 0 Å². The van der Waals surface area contributed by atoms with E-state index in [0.29, 0.717) is 6.61 Å². The molecule has 0 radical (unpaired) electrons. The van der Waals surface area contributed by atoms with Crippen LogP contribution in [0.15, 0.2) is 35.8 Å². The van der Waals surface area contributed by atoms with Crippen molar-refractivity contribution >= 4 is 17.3 Å². The summed E-state index contributed by atoms with van der Waals surface area (Å²) in [6.07, 6.45) is 2.54. The van der Waals surface area contributed by atoms with E-state index in [0.717, 1.165) is 22.6 Å². The number of nitrogens with zero attached hydrogens (tertiary/aromatic N) is 1. The van der Waals surface area contributed by atoms with Crippen molar-refractivity contribution in [3.05, 3.63) is 41.4 Å². The highest BCUT2D eigenvalue weighted by atomic mass is 32.1. The molecule has 100 valence electrons. The van der Waals surface area contributed by atoms with Gasteiger partial charge in [-0.3, -0.25) is 4.79 Å². The number of hydrogen-bond acceptors (Lipinski definition) is 4. The maximum Gasteiger partial charge on any atom is 0.313 e. The van der Waals surface area contributed by atoms with E-state index in [4.69, 9.17) is 4.74 Å². The Balaban J connectivity index is 2.19. The summed E-state index contributed by atoms with van der Waals surface area (Å²) in [7, 11) is 0. The Hall–Kier alpha value is -1.68. The van der Waals surface area contributed by atoms with Crippen LogP contribution in [0.4, 0.5) is 0 Å². The molecule has 1 atom stereocenters. The lowest BCUT2D eigenvalue weighted by Gasteiger charge is -2.14. The second-order valence-corrected chi connectivity index (χ2v) is 5.07. The second-order valence-electron chi connectivity index (χ2n) is 4.17. The van der Waals surface area contributed by atoms with Gasteiger partial charge in [0.05, 0.1) is 12.5 Å². The monoisotopic (exact) mass is 275 g/mol. The Morgan fingerprint density at radius 3 is 2.58 bits per heavy atom. The zero-order valence-electron chi connectivity index (χ0n) is 11.1. The molecule has 0 spiro atoms. The Kier molecular flexibility index (Phi) is 4.68. The maximum atomic E-state index is 11.9. The molecule has 0 saturated heterocycles. The van der Waals surface area contributed by atoms with Crippen molar-refractivity contribution in [1.29, 1.82) is 0 Å². The summed E-state index contributed by atoms with van der Waals surface area (Å²) in [5.41, 5.74) is 2.08. The van der Waals surface area contributed by atoms with E-state index >= 15 is 0 Å². The van der Waals surface area contributed by atoms with E-state index in [1.807, 2.05) is 43.5 Å². The van der Waals surface area contributed by atoms with Crippen molar-refractivity contribution in [2.24, 2.45) is 0 Å². The van der Waals surface area contributed by atoms with Gasteiger partial charge in [-0.15, -0.1) is 11.3 Å². The van der Waals surface area contributed by atoms with Crippen molar-refractivity contribution in [2.45, 2.75) is 26.2 Å². The number of benzene rings is 1. The summed E-state index contributed by atoms with van der Waals surface area (Å²) in [5, 5.41) is 2.95. The number of ether oxygens (including phenoxy) is 1. The third kappa shape index (κ3) is 3.20. The van der Waals surface area contributed by atoms with Crippen LogP contribution in [0.25, 0.3) is 10.6 Å². The molecule has 1 unspecified atom stereocenters. The Bertz CT molecular complexity index is 520. The van der Waals surface area contributed by atoms with Crippen LogP contribution in [-0.4, -0.2) is 17.6 Å². The van der Waals surface area contributed by atoms with Gasteiger partial charge in [0.1, 0.15) is 5.01 Å². The summed E-state index contributed by atoms with van der Waals surface area (Å²) < 4.78 is 5.10. The fraction of sp³-hybridized carbons (Fsp3) is 0.333. The van der Waals surface area contributed by atoms with Gasteiger partial charge in [-0.05, 0) is 18.9 Å². The molecule has 0 fully saturated rings. The first-order valence-electron chi connectivity index (χ1n) is 6.42. The van der Waals surface area contributed by atoms with Crippen LogP contribution in [-0.2, 0) is 9.53 Å². The highest BCUT2D eigenvalue weighted by Gasteiger charge is 2.19. The van der Waals surface area contributed by atoms with Crippen molar-refractivity contribution < 1.29 is 9.53 Å². The van der Waals surface area contributed by atoms with Gasteiger partial charge < -0.3 is 4.74 Å². The summed E-state index contributed by atoms with van der Waals surface area (Å²) in [6.45, 7) is 4.25. The van der Waals surface area contributed by atoms with Gasteiger partial charge in [0.25, 0.3) is 0 Å². The van der Waals surface area contributed by atoms with E-state index in [9.17, 15) is 4.79 Å². The molecule has 2 aromatic rings. The van der Waals surface area contributed by atoms with E-state index in [-0.39, 0.29) is 11.9 Å². The first-order valence-corrected chi connectivity index (χ1v) is 7.30. The summed E-state index contributed by atoms with van der Waals surface area (Å²) in [4.78, 5) is 16.1. The molecule has 1 aromatic carbocycles. The fourth-order valence-corrected chi connectivity index (χ4v) is 2.65. The normalized spacial score (nSPS) is 12.1. The number of hydrogen-bond donors (Lipinski definition) is 0. The first-order chi connectivity index (χ1) is 9.26. The van der Waals surface area contributed by atoms with Crippen molar-refractivity contribution in [1.82, 2.24) is 4.98 Å². The molecule has 4 heteroatoms. The van der Waals surface area contributed by atoms with Crippen LogP contribution in [0.5, 0.6) is 0 Å². The number of thiazole rings is 1. The van der Waals surface area contributed by atoms with Gasteiger partial charge in [0.15, 0.2) is 0 Å². The number of rotatable bonds is 5. The maximum absolute atomic E-state index is 11.9. The minimum absolute atomic E-state index is 0.146. The summed E-state index contributed by atoms with van der Waals surface area (Å²) >= 11 is 1.61. The number of carbonyl (C=O) groups excluding carboxylic acids is 1. The van der Waals surface area contributed by atoms with Gasteiger partial charge in [0, 0.05) is 17.1 Å². The molecule has 19 heavy (non-hydrogen) atoms. The minimum Gasteiger partial charge on any atom is -0.466 e. The molecule has 0 saturated carbocycles. The lowest BCUT2D eigenvalue weighted by atomic mass is 9.96. The Labute approximate surface area is 117 Å². The van der Waals surface area contributed by atoms with Gasteiger partial charge in [-0.2, -0.15) is 0 Å². The van der Waals surface area contributed by atoms with Crippen molar-refractivity contribution in [2.75, 3.05) is 6.61 Å². The molecule has 2 rings (SSSR count). The molecular formula is C15H17NO2S. The second kappa shape index (κ2) is 6.48. The summed E-state index contributed by atoms with van der Waals surface area (Å²) in [5.74, 6) is -0.322. The molecule has 0 amide bonds.